The first-order valence-electron chi connectivity index (χ1n) is 7.42. The van der Waals surface area contributed by atoms with Gasteiger partial charge in [-0.25, -0.2) is 4.68 Å². The van der Waals surface area contributed by atoms with Crippen molar-refractivity contribution in [1.29, 1.82) is 5.26 Å². The molecule has 0 atom stereocenters. The van der Waals surface area contributed by atoms with Crippen LogP contribution in [0.5, 0.6) is 5.75 Å². The van der Waals surface area contributed by atoms with E-state index < -0.39 is 0 Å². The number of rotatable bonds is 5. The Balaban J connectivity index is 2.02. The molecule has 1 aromatic heterocycles. The molecule has 3 rings (SSSR count). The number of nitrogens with two attached hydrogens (primary N) is 1. The van der Waals surface area contributed by atoms with Crippen LogP contribution in [-0.4, -0.2) is 16.4 Å². The van der Waals surface area contributed by atoms with Gasteiger partial charge in [0.2, 0.25) is 0 Å². The summed E-state index contributed by atoms with van der Waals surface area (Å²) in [6.07, 6.45) is 1.68. The third-order valence-corrected chi connectivity index (χ3v) is 3.53. The number of hydrogen-bond acceptors (Lipinski definition) is 4. The quantitative estimate of drug-likeness (QED) is 0.730. The SMILES string of the molecule is C=CCOc1ccc(-c2nn(-c3ccccc3)c(N)c2C#N)cc1. The van der Waals surface area contributed by atoms with Gasteiger partial charge in [0, 0.05) is 5.56 Å². The van der Waals surface area contributed by atoms with Gasteiger partial charge in [-0.3, -0.25) is 0 Å². The van der Waals surface area contributed by atoms with E-state index >= 15 is 0 Å². The van der Waals surface area contributed by atoms with Gasteiger partial charge in [0.15, 0.2) is 0 Å². The zero-order valence-electron chi connectivity index (χ0n) is 13.0. The van der Waals surface area contributed by atoms with E-state index in [2.05, 4.69) is 17.7 Å². The van der Waals surface area contributed by atoms with Crippen molar-refractivity contribution < 1.29 is 4.74 Å². The lowest BCUT2D eigenvalue weighted by atomic mass is 10.1. The Labute approximate surface area is 140 Å². The van der Waals surface area contributed by atoms with Crippen molar-refractivity contribution in [3.05, 3.63) is 72.8 Å². The fourth-order valence-corrected chi connectivity index (χ4v) is 2.37. The summed E-state index contributed by atoms with van der Waals surface area (Å²) in [5.74, 6) is 1.05. The second-order valence-corrected chi connectivity index (χ2v) is 5.09. The van der Waals surface area contributed by atoms with Crippen molar-refractivity contribution >= 4 is 5.82 Å². The van der Waals surface area contributed by atoms with Crippen LogP contribution in [0.3, 0.4) is 0 Å². The van der Waals surface area contributed by atoms with E-state index in [0.717, 1.165) is 17.0 Å². The van der Waals surface area contributed by atoms with E-state index in [1.54, 1.807) is 10.8 Å². The molecule has 0 amide bonds. The van der Waals surface area contributed by atoms with Crippen LogP contribution in [0, 0.1) is 11.3 Å². The third-order valence-electron chi connectivity index (χ3n) is 3.53. The first kappa shape index (κ1) is 15.4. The van der Waals surface area contributed by atoms with Crippen LogP contribution in [0.25, 0.3) is 16.9 Å². The number of benzene rings is 2. The minimum atomic E-state index is 0.325. The molecule has 2 aromatic carbocycles. The van der Waals surface area contributed by atoms with E-state index in [4.69, 9.17) is 10.5 Å². The number of nitrogen functional groups attached to an aromatic ring is 1. The molecular formula is C19H16N4O. The molecule has 0 radical (unpaired) electrons. The minimum absolute atomic E-state index is 0.325. The standard InChI is InChI=1S/C19H16N4O/c1-2-12-24-16-10-8-14(9-11-16)18-17(13-20)19(21)23(22-18)15-6-4-3-5-7-15/h2-11H,1,12,21H2. The molecule has 24 heavy (non-hydrogen) atoms. The molecular weight excluding hydrogens is 300 g/mol. The molecule has 3 aromatic rings. The predicted molar refractivity (Wildman–Crippen MR) is 93.8 cm³/mol. The molecule has 0 spiro atoms. The highest BCUT2D eigenvalue weighted by Gasteiger charge is 2.17. The molecule has 0 fully saturated rings. The average Bonchev–Trinajstić information content (AvgIpc) is 2.97. The molecule has 1 heterocycles. The Bertz CT molecular complexity index is 890. The normalized spacial score (nSPS) is 10.1. The fourth-order valence-electron chi connectivity index (χ4n) is 2.37. The van der Waals surface area contributed by atoms with Crippen LogP contribution in [0.4, 0.5) is 5.82 Å². The number of anilines is 1. The monoisotopic (exact) mass is 316 g/mol. The number of ether oxygens (including phenoxy) is 1. The zero-order chi connectivity index (χ0) is 16.9. The molecule has 0 bridgehead atoms. The van der Waals surface area contributed by atoms with E-state index in [-0.39, 0.29) is 0 Å². The number of hydrogen-bond donors (Lipinski definition) is 1. The number of aromatic nitrogens is 2. The highest BCUT2D eigenvalue weighted by Crippen LogP contribution is 2.29. The van der Waals surface area contributed by atoms with Crippen molar-refractivity contribution in [2.24, 2.45) is 0 Å². The van der Waals surface area contributed by atoms with E-state index in [1.807, 2.05) is 54.6 Å². The second kappa shape index (κ2) is 6.71. The summed E-state index contributed by atoms with van der Waals surface area (Å²) in [5.41, 5.74) is 8.65. The molecule has 5 heteroatoms. The molecule has 0 unspecified atom stereocenters. The van der Waals surface area contributed by atoms with Crippen LogP contribution in [-0.2, 0) is 0 Å². The van der Waals surface area contributed by atoms with Gasteiger partial charge in [0.05, 0.1) is 5.69 Å². The van der Waals surface area contributed by atoms with Gasteiger partial charge in [0.1, 0.15) is 35.5 Å². The van der Waals surface area contributed by atoms with Gasteiger partial charge in [-0.05, 0) is 36.4 Å². The molecule has 2 N–H and O–H groups in total. The summed E-state index contributed by atoms with van der Waals surface area (Å²) >= 11 is 0. The number of nitrogens with zero attached hydrogens (tertiary/aromatic N) is 3. The molecule has 0 saturated carbocycles. The van der Waals surface area contributed by atoms with Crippen molar-refractivity contribution in [1.82, 2.24) is 9.78 Å². The lowest BCUT2D eigenvalue weighted by Gasteiger charge is -2.04. The topological polar surface area (TPSA) is 76.9 Å². The maximum absolute atomic E-state index is 9.47. The van der Waals surface area contributed by atoms with Crippen molar-refractivity contribution in [3.63, 3.8) is 0 Å². The Morgan fingerprint density at radius 3 is 2.50 bits per heavy atom. The summed E-state index contributed by atoms with van der Waals surface area (Å²) in [6.45, 7) is 4.06. The first-order valence-corrected chi connectivity index (χ1v) is 7.42. The Morgan fingerprint density at radius 1 is 1.17 bits per heavy atom. The van der Waals surface area contributed by atoms with Crippen LogP contribution >= 0.6 is 0 Å². The van der Waals surface area contributed by atoms with Gasteiger partial charge >= 0.3 is 0 Å². The highest BCUT2D eigenvalue weighted by molar-refractivity contribution is 5.74. The lowest BCUT2D eigenvalue weighted by Crippen LogP contribution is -2.01. The van der Waals surface area contributed by atoms with Crippen LogP contribution in [0.2, 0.25) is 0 Å². The lowest BCUT2D eigenvalue weighted by molar-refractivity contribution is 0.363. The van der Waals surface area contributed by atoms with Gasteiger partial charge in [-0.1, -0.05) is 30.9 Å². The van der Waals surface area contributed by atoms with Gasteiger partial charge in [-0.15, -0.1) is 0 Å². The largest absolute Gasteiger partial charge is 0.490 e. The van der Waals surface area contributed by atoms with E-state index in [9.17, 15) is 5.26 Å². The highest BCUT2D eigenvalue weighted by atomic mass is 16.5. The molecule has 5 nitrogen and oxygen atoms in total. The summed E-state index contributed by atoms with van der Waals surface area (Å²) in [6, 6.07) is 19.0. The molecule has 0 aliphatic carbocycles. The minimum Gasteiger partial charge on any atom is -0.490 e. The van der Waals surface area contributed by atoms with Gasteiger partial charge < -0.3 is 10.5 Å². The summed E-state index contributed by atoms with van der Waals surface area (Å²) in [4.78, 5) is 0. The van der Waals surface area contributed by atoms with Crippen LogP contribution in [0.1, 0.15) is 5.56 Å². The van der Waals surface area contributed by atoms with Crippen molar-refractivity contribution in [2.75, 3.05) is 12.3 Å². The zero-order valence-corrected chi connectivity index (χ0v) is 13.0. The maximum Gasteiger partial charge on any atom is 0.145 e. The summed E-state index contributed by atoms with van der Waals surface area (Å²) in [5, 5.41) is 14.0. The molecule has 0 saturated heterocycles. The average molecular weight is 316 g/mol. The van der Waals surface area contributed by atoms with Crippen LogP contribution in [0.15, 0.2) is 67.3 Å². The number of para-hydroxylation sites is 1. The molecule has 0 aliphatic rings. The Kier molecular flexibility index (Phi) is 4.30. The Hall–Kier alpha value is -3.52. The summed E-state index contributed by atoms with van der Waals surface area (Å²) in [7, 11) is 0. The number of nitriles is 1. The van der Waals surface area contributed by atoms with Crippen molar-refractivity contribution in [2.45, 2.75) is 0 Å². The fraction of sp³-hybridized carbons (Fsp3) is 0.0526. The molecule has 0 aliphatic heterocycles. The second-order valence-electron chi connectivity index (χ2n) is 5.09. The Morgan fingerprint density at radius 2 is 1.88 bits per heavy atom. The summed E-state index contributed by atoms with van der Waals surface area (Å²) < 4.78 is 7.05. The van der Waals surface area contributed by atoms with Crippen molar-refractivity contribution in [3.8, 4) is 28.8 Å². The van der Waals surface area contributed by atoms with Crippen LogP contribution < -0.4 is 10.5 Å². The van der Waals surface area contributed by atoms with Gasteiger partial charge in [-0.2, -0.15) is 10.4 Å². The smallest absolute Gasteiger partial charge is 0.145 e. The predicted octanol–water partition coefficient (Wildman–Crippen LogP) is 3.56. The maximum atomic E-state index is 9.47. The molecule has 118 valence electrons. The van der Waals surface area contributed by atoms with E-state index in [1.165, 1.54) is 0 Å². The first-order chi connectivity index (χ1) is 11.7. The van der Waals surface area contributed by atoms with E-state index in [0.29, 0.717) is 23.7 Å². The van der Waals surface area contributed by atoms with Gasteiger partial charge in [0.25, 0.3) is 0 Å². The third kappa shape index (κ3) is 2.85.